The fraction of sp³-hybridized carbons (Fsp3) is 0.391. The molecule has 0 radical (unpaired) electrons. The number of benzene rings is 2. The lowest BCUT2D eigenvalue weighted by Crippen LogP contribution is -2.41. The number of aromatic nitrogens is 2. The van der Waals surface area contributed by atoms with Gasteiger partial charge in [0.2, 0.25) is 0 Å². The topological polar surface area (TPSA) is 47.4 Å². The van der Waals surface area contributed by atoms with Crippen molar-refractivity contribution in [2.75, 3.05) is 6.54 Å². The maximum absolute atomic E-state index is 14.4. The zero-order valence-corrected chi connectivity index (χ0v) is 18.4. The number of fused-ring (bicyclic) bond motifs is 3. The summed E-state index contributed by atoms with van der Waals surface area (Å²) in [4.78, 5) is 19.0. The predicted octanol–water partition coefficient (Wildman–Crippen LogP) is 5.48. The Morgan fingerprint density at radius 1 is 1.20 bits per heavy atom. The maximum Gasteiger partial charge on any atom is 0.410 e. The van der Waals surface area contributed by atoms with E-state index in [1.807, 2.05) is 33.8 Å². The normalized spacial score (nSPS) is 14.1. The van der Waals surface area contributed by atoms with E-state index < -0.39 is 5.60 Å². The quantitative estimate of drug-likeness (QED) is 0.542. The molecule has 0 fully saturated rings. The molecule has 1 aromatic heterocycles. The van der Waals surface area contributed by atoms with Crippen LogP contribution < -0.4 is 0 Å². The molecule has 4 rings (SSSR count). The summed E-state index contributed by atoms with van der Waals surface area (Å²) in [6.07, 6.45) is 0.0911. The van der Waals surface area contributed by atoms with Gasteiger partial charge in [-0.25, -0.2) is 14.2 Å². The van der Waals surface area contributed by atoms with Crippen LogP contribution in [0.15, 0.2) is 30.3 Å². The van der Waals surface area contributed by atoms with E-state index in [0.717, 1.165) is 28.0 Å². The summed E-state index contributed by atoms with van der Waals surface area (Å²) in [6, 6.07) is 8.88. The van der Waals surface area contributed by atoms with Crippen LogP contribution in [0.4, 0.5) is 9.18 Å². The van der Waals surface area contributed by atoms with Gasteiger partial charge >= 0.3 is 6.09 Å². The highest BCUT2D eigenvalue weighted by Gasteiger charge is 2.28. The lowest BCUT2D eigenvalue weighted by atomic mass is 10.0. The van der Waals surface area contributed by atoms with Crippen molar-refractivity contribution >= 4 is 28.7 Å². The highest BCUT2D eigenvalue weighted by molar-refractivity contribution is 6.30. The summed E-state index contributed by atoms with van der Waals surface area (Å²) in [5, 5.41) is 0.380. The molecule has 30 heavy (non-hydrogen) atoms. The average molecular weight is 430 g/mol. The van der Waals surface area contributed by atoms with Crippen molar-refractivity contribution in [3.05, 3.63) is 63.7 Å². The van der Waals surface area contributed by atoms with Gasteiger partial charge in [0.15, 0.2) is 0 Å². The molecule has 2 heterocycles. The standard InChI is InChI=1S/C23H25ClFN3O2/c1-14-9-16(11-15-5-6-17(24)12-18(15)25)21-19(10-14)28-8-7-27(13-20(28)26-21)22(29)30-23(2,3)4/h5-6,9-10,12H,7-8,11,13H2,1-4H3. The molecule has 1 aliphatic rings. The summed E-state index contributed by atoms with van der Waals surface area (Å²) < 4.78 is 22.0. The molecule has 2 aromatic carbocycles. The number of hydrogen-bond acceptors (Lipinski definition) is 3. The molecule has 0 unspecified atom stereocenters. The molecule has 0 atom stereocenters. The van der Waals surface area contributed by atoms with Crippen molar-refractivity contribution < 1.29 is 13.9 Å². The number of imidazole rings is 1. The number of halogens is 2. The number of carbonyl (C=O) groups is 1. The van der Waals surface area contributed by atoms with E-state index >= 15 is 0 Å². The van der Waals surface area contributed by atoms with E-state index in [2.05, 4.69) is 10.6 Å². The first kappa shape index (κ1) is 20.7. The van der Waals surface area contributed by atoms with Crippen LogP contribution in [-0.4, -0.2) is 32.7 Å². The molecule has 7 heteroatoms. The molecule has 3 aromatic rings. The molecule has 0 saturated carbocycles. The molecule has 1 aliphatic heterocycles. The molecule has 0 saturated heterocycles. The van der Waals surface area contributed by atoms with Crippen molar-refractivity contribution in [3.63, 3.8) is 0 Å². The Balaban J connectivity index is 1.68. The first-order valence-electron chi connectivity index (χ1n) is 10.0. The third-order valence-electron chi connectivity index (χ3n) is 5.13. The van der Waals surface area contributed by atoms with Gasteiger partial charge in [0, 0.05) is 24.5 Å². The van der Waals surface area contributed by atoms with Crippen LogP contribution in [0.25, 0.3) is 11.0 Å². The second kappa shape index (κ2) is 7.58. The van der Waals surface area contributed by atoms with Gasteiger partial charge in [-0.05, 0) is 62.6 Å². The minimum absolute atomic E-state index is 0.322. The van der Waals surface area contributed by atoms with Gasteiger partial charge in [0.25, 0.3) is 0 Å². The van der Waals surface area contributed by atoms with Gasteiger partial charge in [0.05, 0.1) is 17.6 Å². The summed E-state index contributed by atoms with van der Waals surface area (Å²) in [7, 11) is 0. The Bertz CT molecular complexity index is 1130. The Hall–Kier alpha value is -2.60. The van der Waals surface area contributed by atoms with Crippen LogP contribution in [0.1, 0.15) is 43.3 Å². The Labute approximate surface area is 180 Å². The minimum Gasteiger partial charge on any atom is -0.444 e. The number of rotatable bonds is 2. The number of aryl methyl sites for hydroxylation is 1. The number of hydrogen-bond donors (Lipinski definition) is 0. The van der Waals surface area contributed by atoms with Crippen molar-refractivity contribution in [1.29, 1.82) is 0 Å². The van der Waals surface area contributed by atoms with Gasteiger partial charge in [-0.3, -0.25) is 4.90 Å². The number of amides is 1. The summed E-state index contributed by atoms with van der Waals surface area (Å²) in [5.41, 5.74) is 3.93. The van der Waals surface area contributed by atoms with Crippen LogP contribution in [-0.2, 0) is 24.2 Å². The molecule has 0 spiro atoms. The van der Waals surface area contributed by atoms with Gasteiger partial charge in [-0.2, -0.15) is 0 Å². The zero-order chi connectivity index (χ0) is 21.6. The highest BCUT2D eigenvalue weighted by Crippen LogP contribution is 2.28. The lowest BCUT2D eigenvalue weighted by molar-refractivity contribution is 0.0196. The van der Waals surface area contributed by atoms with Crippen LogP contribution >= 0.6 is 11.6 Å². The fourth-order valence-corrected chi connectivity index (χ4v) is 3.98. The lowest BCUT2D eigenvalue weighted by Gasteiger charge is -2.30. The van der Waals surface area contributed by atoms with E-state index in [9.17, 15) is 9.18 Å². The van der Waals surface area contributed by atoms with E-state index in [1.165, 1.54) is 6.07 Å². The monoisotopic (exact) mass is 429 g/mol. The molecule has 1 amide bonds. The van der Waals surface area contributed by atoms with E-state index in [4.69, 9.17) is 21.3 Å². The number of ether oxygens (including phenoxy) is 1. The second-order valence-electron chi connectivity index (χ2n) is 8.79. The molecule has 158 valence electrons. The number of nitrogens with zero attached hydrogens (tertiary/aromatic N) is 3. The van der Waals surface area contributed by atoms with E-state index in [0.29, 0.717) is 36.6 Å². The third kappa shape index (κ3) is 4.15. The largest absolute Gasteiger partial charge is 0.444 e. The summed E-state index contributed by atoms with van der Waals surface area (Å²) in [5.74, 6) is 0.489. The average Bonchev–Trinajstić information content (AvgIpc) is 3.00. The Morgan fingerprint density at radius 3 is 2.67 bits per heavy atom. The summed E-state index contributed by atoms with van der Waals surface area (Å²) >= 11 is 5.89. The van der Waals surface area contributed by atoms with Gasteiger partial charge < -0.3 is 9.30 Å². The molecular weight excluding hydrogens is 405 g/mol. The third-order valence-corrected chi connectivity index (χ3v) is 5.36. The zero-order valence-electron chi connectivity index (χ0n) is 17.6. The highest BCUT2D eigenvalue weighted by atomic mass is 35.5. The number of carbonyl (C=O) groups excluding carboxylic acids is 1. The van der Waals surface area contributed by atoms with Gasteiger partial charge in [-0.15, -0.1) is 0 Å². The SMILES string of the molecule is Cc1cc(Cc2ccc(Cl)cc2F)c2nc3n(c2c1)CCN(C(=O)OC(C)(C)C)C3. The molecule has 5 nitrogen and oxygen atoms in total. The van der Waals surface area contributed by atoms with Gasteiger partial charge in [0.1, 0.15) is 17.2 Å². The van der Waals surface area contributed by atoms with Crippen LogP contribution in [0.5, 0.6) is 0 Å². The maximum atomic E-state index is 14.4. The Morgan fingerprint density at radius 2 is 1.97 bits per heavy atom. The van der Waals surface area contributed by atoms with Crippen molar-refractivity contribution in [2.24, 2.45) is 0 Å². The van der Waals surface area contributed by atoms with Gasteiger partial charge in [-0.1, -0.05) is 23.7 Å². The van der Waals surface area contributed by atoms with Crippen molar-refractivity contribution in [3.8, 4) is 0 Å². The fourth-order valence-electron chi connectivity index (χ4n) is 3.82. The molecular formula is C23H25ClFN3O2. The van der Waals surface area contributed by atoms with Crippen molar-refractivity contribution in [1.82, 2.24) is 14.5 Å². The second-order valence-corrected chi connectivity index (χ2v) is 9.22. The van der Waals surface area contributed by atoms with Crippen molar-refractivity contribution in [2.45, 2.75) is 52.8 Å². The molecule has 0 aliphatic carbocycles. The Kier molecular flexibility index (Phi) is 5.22. The molecule has 0 N–H and O–H groups in total. The first-order valence-corrected chi connectivity index (χ1v) is 10.4. The van der Waals surface area contributed by atoms with Crippen LogP contribution in [0.3, 0.4) is 0 Å². The first-order chi connectivity index (χ1) is 14.1. The van der Waals surface area contributed by atoms with Crippen LogP contribution in [0.2, 0.25) is 5.02 Å². The summed E-state index contributed by atoms with van der Waals surface area (Å²) in [6.45, 7) is 9.18. The minimum atomic E-state index is -0.540. The molecule has 0 bridgehead atoms. The smallest absolute Gasteiger partial charge is 0.410 e. The van der Waals surface area contributed by atoms with E-state index in [1.54, 1.807) is 17.0 Å². The predicted molar refractivity (Wildman–Crippen MR) is 115 cm³/mol. The van der Waals surface area contributed by atoms with Crippen LogP contribution in [0, 0.1) is 12.7 Å². The van der Waals surface area contributed by atoms with E-state index in [-0.39, 0.29) is 11.9 Å².